The molecule has 4 aromatic rings. The molecule has 2 saturated heterocycles. The third-order valence-electron chi connectivity index (χ3n) is 7.24. The van der Waals surface area contributed by atoms with Gasteiger partial charge in [0, 0.05) is 4.47 Å². The number of likely N-dealkylation sites (tertiary alicyclic amines) is 1. The number of benzene rings is 4. The smallest absolute Gasteiger partial charge is 0.262 e. The standard InChI is InChI=1S/C32H27BrN2O5/c1-38-26-17-24(25(33)18-27(26)39-20-22-13-7-3-8-14-22)29-28-30(40-35(29)23-15-9-4-10-16-23)32(37)34(31(28)36)19-21-11-5-2-6-12-21/h2-18,28-30H,19-20H2,1H3/t28-,29+,30+/m0/s1. The lowest BCUT2D eigenvalue weighted by Gasteiger charge is -2.30. The predicted octanol–water partition coefficient (Wildman–Crippen LogP) is 6.08. The van der Waals surface area contributed by atoms with Gasteiger partial charge in [-0.15, -0.1) is 0 Å². The number of hydrogen-bond donors (Lipinski definition) is 0. The minimum Gasteiger partial charge on any atom is -0.493 e. The Labute approximate surface area is 241 Å². The minimum absolute atomic E-state index is 0.198. The molecule has 2 aliphatic rings. The molecule has 0 bridgehead atoms. The summed E-state index contributed by atoms with van der Waals surface area (Å²) in [4.78, 5) is 35.0. The van der Waals surface area contributed by atoms with Crippen LogP contribution in [0.5, 0.6) is 11.5 Å². The molecule has 0 aromatic heterocycles. The number of methoxy groups -OCH3 is 1. The molecule has 40 heavy (non-hydrogen) atoms. The third kappa shape index (κ3) is 4.85. The van der Waals surface area contributed by atoms with Gasteiger partial charge in [-0.05, 0) is 41.0 Å². The highest BCUT2D eigenvalue weighted by molar-refractivity contribution is 9.10. The van der Waals surface area contributed by atoms with Crippen LogP contribution in [0.2, 0.25) is 0 Å². The van der Waals surface area contributed by atoms with Gasteiger partial charge in [-0.3, -0.25) is 19.3 Å². The number of amides is 2. The number of ether oxygens (including phenoxy) is 2. The zero-order valence-electron chi connectivity index (χ0n) is 21.8. The van der Waals surface area contributed by atoms with Crippen molar-refractivity contribution in [3.05, 3.63) is 124 Å². The van der Waals surface area contributed by atoms with Gasteiger partial charge in [0.25, 0.3) is 5.91 Å². The fourth-order valence-corrected chi connectivity index (χ4v) is 5.85. The first-order valence-electron chi connectivity index (χ1n) is 13.0. The molecular formula is C32H27BrN2O5. The lowest BCUT2D eigenvalue weighted by molar-refractivity contribution is -0.143. The van der Waals surface area contributed by atoms with E-state index in [1.165, 1.54) is 4.90 Å². The van der Waals surface area contributed by atoms with Crippen LogP contribution in [0.25, 0.3) is 0 Å². The van der Waals surface area contributed by atoms with Gasteiger partial charge in [0.15, 0.2) is 17.6 Å². The van der Waals surface area contributed by atoms with E-state index < -0.39 is 18.1 Å². The molecule has 0 unspecified atom stereocenters. The number of hydrogen-bond acceptors (Lipinski definition) is 6. The van der Waals surface area contributed by atoms with Crippen molar-refractivity contribution in [1.29, 1.82) is 0 Å². The van der Waals surface area contributed by atoms with Gasteiger partial charge in [-0.2, -0.15) is 0 Å². The molecule has 6 rings (SSSR count). The molecule has 2 heterocycles. The number of anilines is 1. The van der Waals surface area contributed by atoms with Crippen LogP contribution < -0.4 is 14.5 Å². The minimum atomic E-state index is -0.937. The van der Waals surface area contributed by atoms with Gasteiger partial charge in [-0.25, -0.2) is 5.06 Å². The second kappa shape index (κ2) is 11.2. The van der Waals surface area contributed by atoms with Crippen LogP contribution in [-0.4, -0.2) is 29.9 Å². The van der Waals surface area contributed by atoms with Crippen molar-refractivity contribution in [2.45, 2.75) is 25.3 Å². The molecule has 0 radical (unpaired) electrons. The Hall–Kier alpha value is -4.14. The number of rotatable bonds is 8. The molecule has 202 valence electrons. The molecule has 8 heteroatoms. The quantitative estimate of drug-likeness (QED) is 0.229. The molecule has 2 amide bonds. The van der Waals surface area contributed by atoms with Gasteiger partial charge in [0.05, 0.1) is 25.4 Å². The number of hydroxylamine groups is 1. The molecule has 0 spiro atoms. The van der Waals surface area contributed by atoms with Crippen molar-refractivity contribution < 1.29 is 23.9 Å². The Bertz CT molecular complexity index is 1520. The van der Waals surface area contributed by atoms with E-state index in [4.69, 9.17) is 14.3 Å². The average Bonchev–Trinajstić information content (AvgIpc) is 3.49. The maximum Gasteiger partial charge on any atom is 0.262 e. The molecule has 0 N–H and O–H groups in total. The fourth-order valence-electron chi connectivity index (χ4n) is 5.29. The normalized spacial score (nSPS) is 20.1. The lowest BCUT2D eigenvalue weighted by atomic mass is 9.90. The summed E-state index contributed by atoms with van der Waals surface area (Å²) in [5, 5.41) is 1.68. The number of carbonyl (C=O) groups excluding carboxylic acids is 2. The van der Waals surface area contributed by atoms with E-state index >= 15 is 0 Å². The SMILES string of the molecule is COc1cc([C@@H]2[C@@H]3C(=O)N(Cc4ccccc4)C(=O)[C@@H]3ON2c2ccccc2)c(Br)cc1OCc1ccccc1. The Morgan fingerprint density at radius 1 is 0.800 bits per heavy atom. The largest absolute Gasteiger partial charge is 0.493 e. The van der Waals surface area contributed by atoms with E-state index in [1.807, 2.05) is 103 Å². The fraction of sp³-hybridized carbons (Fsp3) is 0.188. The van der Waals surface area contributed by atoms with Crippen LogP contribution in [0.4, 0.5) is 5.69 Å². The van der Waals surface area contributed by atoms with E-state index in [2.05, 4.69) is 15.9 Å². The second-order valence-electron chi connectivity index (χ2n) is 9.71. The summed E-state index contributed by atoms with van der Waals surface area (Å²) in [5.74, 6) is -0.272. The molecule has 2 aliphatic heterocycles. The summed E-state index contributed by atoms with van der Waals surface area (Å²) < 4.78 is 12.5. The lowest BCUT2D eigenvalue weighted by Crippen LogP contribution is -2.37. The molecule has 2 fully saturated rings. The number of carbonyl (C=O) groups is 2. The van der Waals surface area contributed by atoms with E-state index in [1.54, 1.807) is 12.2 Å². The van der Waals surface area contributed by atoms with Crippen LogP contribution in [0.1, 0.15) is 22.7 Å². The molecule has 0 aliphatic carbocycles. The van der Waals surface area contributed by atoms with Crippen molar-refractivity contribution in [2.24, 2.45) is 5.92 Å². The predicted molar refractivity (Wildman–Crippen MR) is 153 cm³/mol. The van der Waals surface area contributed by atoms with Crippen LogP contribution in [0.3, 0.4) is 0 Å². The van der Waals surface area contributed by atoms with Gasteiger partial charge in [0.2, 0.25) is 5.91 Å². The molecule has 3 atom stereocenters. The Morgan fingerprint density at radius 2 is 1.43 bits per heavy atom. The van der Waals surface area contributed by atoms with Crippen LogP contribution in [-0.2, 0) is 27.6 Å². The van der Waals surface area contributed by atoms with Crippen LogP contribution in [0.15, 0.2) is 108 Å². The topological polar surface area (TPSA) is 68.3 Å². The first kappa shape index (κ1) is 26.1. The van der Waals surface area contributed by atoms with E-state index in [0.717, 1.165) is 22.4 Å². The Kier molecular flexibility index (Phi) is 7.28. The molecule has 7 nitrogen and oxygen atoms in total. The summed E-state index contributed by atoms with van der Waals surface area (Å²) in [6, 6.07) is 32.0. The number of halogens is 1. The third-order valence-corrected chi connectivity index (χ3v) is 7.93. The Morgan fingerprint density at radius 3 is 2.08 bits per heavy atom. The number of fused-ring (bicyclic) bond motifs is 1. The van der Waals surface area contributed by atoms with Crippen LogP contribution in [0, 0.1) is 5.92 Å². The maximum absolute atomic E-state index is 13.9. The zero-order valence-corrected chi connectivity index (χ0v) is 23.4. The van der Waals surface area contributed by atoms with Crippen LogP contribution >= 0.6 is 15.9 Å². The number of para-hydroxylation sites is 1. The Balaban J connectivity index is 1.37. The summed E-state index contributed by atoms with van der Waals surface area (Å²) in [5.41, 5.74) is 3.40. The van der Waals surface area contributed by atoms with E-state index in [9.17, 15) is 9.59 Å². The summed E-state index contributed by atoms with van der Waals surface area (Å²) in [7, 11) is 1.58. The van der Waals surface area contributed by atoms with Gasteiger partial charge in [-0.1, -0.05) is 94.8 Å². The number of imide groups is 1. The highest BCUT2D eigenvalue weighted by atomic mass is 79.9. The summed E-state index contributed by atoms with van der Waals surface area (Å²) in [6.45, 7) is 0.571. The summed E-state index contributed by atoms with van der Waals surface area (Å²) >= 11 is 3.72. The van der Waals surface area contributed by atoms with Crippen molar-refractivity contribution in [1.82, 2.24) is 4.90 Å². The van der Waals surface area contributed by atoms with E-state index in [0.29, 0.717) is 22.6 Å². The van der Waals surface area contributed by atoms with E-state index in [-0.39, 0.29) is 18.4 Å². The average molecular weight is 599 g/mol. The number of nitrogens with zero attached hydrogens (tertiary/aromatic N) is 2. The van der Waals surface area contributed by atoms with Gasteiger partial charge < -0.3 is 9.47 Å². The van der Waals surface area contributed by atoms with Gasteiger partial charge in [0.1, 0.15) is 12.5 Å². The molecule has 4 aromatic carbocycles. The first-order chi connectivity index (χ1) is 19.5. The molecular weight excluding hydrogens is 572 g/mol. The second-order valence-corrected chi connectivity index (χ2v) is 10.6. The zero-order chi connectivity index (χ0) is 27.6. The molecule has 0 saturated carbocycles. The van der Waals surface area contributed by atoms with Crippen molar-refractivity contribution >= 4 is 33.4 Å². The van der Waals surface area contributed by atoms with Crippen molar-refractivity contribution in [3.63, 3.8) is 0 Å². The monoisotopic (exact) mass is 598 g/mol. The summed E-state index contributed by atoms with van der Waals surface area (Å²) in [6.07, 6.45) is -0.937. The maximum atomic E-state index is 13.9. The highest BCUT2D eigenvalue weighted by Crippen LogP contribution is 2.50. The van der Waals surface area contributed by atoms with Gasteiger partial charge >= 0.3 is 0 Å². The van der Waals surface area contributed by atoms with Crippen molar-refractivity contribution in [2.75, 3.05) is 12.2 Å². The van der Waals surface area contributed by atoms with Crippen molar-refractivity contribution in [3.8, 4) is 11.5 Å². The highest BCUT2D eigenvalue weighted by Gasteiger charge is 2.60. The first-order valence-corrected chi connectivity index (χ1v) is 13.8.